The van der Waals surface area contributed by atoms with Gasteiger partial charge in [-0.1, -0.05) is 19.1 Å². The van der Waals surface area contributed by atoms with Crippen LogP contribution in [0.5, 0.6) is 0 Å². The number of aromatic nitrogens is 2. The Kier molecular flexibility index (Phi) is 5.82. The van der Waals surface area contributed by atoms with E-state index < -0.39 is 0 Å². The first-order valence-corrected chi connectivity index (χ1v) is 8.31. The summed E-state index contributed by atoms with van der Waals surface area (Å²) in [5, 5.41) is 4.53. The first-order valence-electron chi connectivity index (χ1n) is 7.32. The highest BCUT2D eigenvalue weighted by Crippen LogP contribution is 2.22. The number of aryl methyl sites for hydroxylation is 2. The van der Waals surface area contributed by atoms with Crippen LogP contribution < -0.4 is 5.73 Å². The lowest BCUT2D eigenvalue weighted by Crippen LogP contribution is -2.27. The van der Waals surface area contributed by atoms with E-state index in [9.17, 15) is 4.39 Å². The number of halogens is 1. The highest BCUT2D eigenvalue weighted by atomic mass is 32.2. The van der Waals surface area contributed by atoms with Crippen LogP contribution in [0, 0.1) is 5.82 Å². The molecule has 5 heteroatoms. The number of hydrogen-bond acceptors (Lipinski definition) is 3. The molecule has 21 heavy (non-hydrogen) atoms. The lowest BCUT2D eigenvalue weighted by Gasteiger charge is -2.12. The molecule has 0 radical (unpaired) electrons. The normalized spacial score (nSPS) is 12.6. The molecule has 0 saturated carbocycles. The Hall–Kier alpha value is -1.33. The van der Waals surface area contributed by atoms with Crippen LogP contribution in [0.25, 0.3) is 0 Å². The molecule has 0 aliphatic heterocycles. The largest absolute Gasteiger partial charge is 0.327 e. The molecule has 0 spiro atoms. The second kappa shape index (κ2) is 7.61. The lowest BCUT2D eigenvalue weighted by molar-refractivity contribution is 0.590. The molecular weight excluding hydrogens is 285 g/mol. The van der Waals surface area contributed by atoms with Gasteiger partial charge in [0.25, 0.3) is 0 Å². The van der Waals surface area contributed by atoms with Crippen LogP contribution in [0.1, 0.15) is 25.2 Å². The zero-order valence-electron chi connectivity index (χ0n) is 12.6. The van der Waals surface area contributed by atoms with Crippen molar-refractivity contribution in [3.8, 4) is 0 Å². The highest BCUT2D eigenvalue weighted by Gasteiger charge is 2.12. The summed E-state index contributed by atoms with van der Waals surface area (Å²) in [6, 6.07) is 8.92. The molecule has 114 valence electrons. The van der Waals surface area contributed by atoms with Gasteiger partial charge >= 0.3 is 0 Å². The summed E-state index contributed by atoms with van der Waals surface area (Å²) in [5.74, 6) is 0.513. The number of thioether (sulfide) groups is 1. The minimum Gasteiger partial charge on any atom is -0.327 e. The highest BCUT2D eigenvalue weighted by molar-refractivity contribution is 7.99. The molecular formula is C16H22FN3S. The molecule has 0 aliphatic carbocycles. The Morgan fingerprint density at radius 3 is 2.76 bits per heavy atom. The van der Waals surface area contributed by atoms with Gasteiger partial charge in [-0.2, -0.15) is 5.10 Å². The van der Waals surface area contributed by atoms with E-state index in [1.807, 2.05) is 10.7 Å². The van der Waals surface area contributed by atoms with Crippen molar-refractivity contribution in [2.75, 3.05) is 5.75 Å². The molecule has 1 aromatic heterocycles. The SMILES string of the molecule is CCc1cc(CC(N)CSc2ccccc2F)n(CC)n1. The van der Waals surface area contributed by atoms with Gasteiger partial charge in [-0.05, 0) is 31.5 Å². The molecule has 0 saturated heterocycles. The average Bonchev–Trinajstić information content (AvgIpc) is 2.88. The van der Waals surface area contributed by atoms with Crippen LogP contribution in [0.4, 0.5) is 4.39 Å². The van der Waals surface area contributed by atoms with Crippen molar-refractivity contribution in [3.63, 3.8) is 0 Å². The molecule has 0 aliphatic rings. The standard InChI is InChI=1S/C16H22FN3S/c1-3-13-10-14(20(4-2)19-13)9-12(18)11-21-16-8-6-5-7-15(16)17/h5-8,10,12H,3-4,9,11,18H2,1-2H3. The molecule has 2 rings (SSSR count). The summed E-state index contributed by atoms with van der Waals surface area (Å²) in [4.78, 5) is 0.659. The Morgan fingerprint density at radius 1 is 1.33 bits per heavy atom. The topological polar surface area (TPSA) is 43.8 Å². The minimum absolute atomic E-state index is 0.0127. The van der Waals surface area contributed by atoms with E-state index in [2.05, 4.69) is 25.0 Å². The Bertz CT molecular complexity index is 583. The van der Waals surface area contributed by atoms with Gasteiger partial charge in [-0.25, -0.2) is 4.39 Å². The molecule has 1 unspecified atom stereocenters. The number of rotatable bonds is 7. The van der Waals surface area contributed by atoms with Gasteiger partial charge in [0.2, 0.25) is 0 Å². The minimum atomic E-state index is -0.179. The average molecular weight is 307 g/mol. The van der Waals surface area contributed by atoms with Crippen molar-refractivity contribution in [2.45, 2.75) is 44.2 Å². The van der Waals surface area contributed by atoms with Crippen molar-refractivity contribution in [2.24, 2.45) is 5.73 Å². The fourth-order valence-electron chi connectivity index (χ4n) is 2.21. The van der Waals surface area contributed by atoms with Crippen molar-refractivity contribution >= 4 is 11.8 Å². The summed E-state index contributed by atoms with van der Waals surface area (Å²) in [5.41, 5.74) is 8.45. The van der Waals surface area contributed by atoms with Crippen LogP contribution in [0.15, 0.2) is 35.2 Å². The van der Waals surface area contributed by atoms with Crippen molar-refractivity contribution in [1.82, 2.24) is 9.78 Å². The van der Waals surface area contributed by atoms with Crippen LogP contribution in [-0.2, 0) is 19.4 Å². The Labute approximate surface area is 129 Å². The zero-order valence-corrected chi connectivity index (χ0v) is 13.4. The molecule has 0 amide bonds. The predicted molar refractivity (Wildman–Crippen MR) is 86.1 cm³/mol. The van der Waals surface area contributed by atoms with Gasteiger partial charge in [-0.3, -0.25) is 4.68 Å². The van der Waals surface area contributed by atoms with E-state index in [0.29, 0.717) is 10.6 Å². The van der Waals surface area contributed by atoms with Crippen LogP contribution >= 0.6 is 11.8 Å². The van der Waals surface area contributed by atoms with Crippen LogP contribution in [0.2, 0.25) is 0 Å². The van der Waals surface area contributed by atoms with Gasteiger partial charge in [0.15, 0.2) is 0 Å². The quantitative estimate of drug-likeness (QED) is 0.798. The Balaban J connectivity index is 1.94. The molecule has 1 atom stereocenters. The molecule has 2 aromatic rings. The molecule has 3 nitrogen and oxygen atoms in total. The number of nitrogens with two attached hydrogens (primary N) is 1. The zero-order chi connectivity index (χ0) is 15.2. The fourth-order valence-corrected chi connectivity index (χ4v) is 3.10. The monoisotopic (exact) mass is 307 g/mol. The van der Waals surface area contributed by atoms with Crippen molar-refractivity contribution in [1.29, 1.82) is 0 Å². The maximum absolute atomic E-state index is 13.6. The maximum atomic E-state index is 13.6. The third-order valence-corrected chi connectivity index (χ3v) is 4.57. The summed E-state index contributed by atoms with van der Waals surface area (Å²) < 4.78 is 15.6. The van der Waals surface area contributed by atoms with E-state index in [1.54, 1.807) is 12.1 Å². The molecule has 2 N–H and O–H groups in total. The molecule has 0 fully saturated rings. The molecule has 1 aromatic carbocycles. The number of nitrogens with zero attached hydrogens (tertiary/aromatic N) is 2. The van der Waals surface area contributed by atoms with E-state index in [4.69, 9.17) is 5.73 Å². The van der Waals surface area contributed by atoms with Crippen LogP contribution in [-0.4, -0.2) is 21.6 Å². The third kappa shape index (κ3) is 4.32. The third-order valence-electron chi connectivity index (χ3n) is 3.34. The smallest absolute Gasteiger partial charge is 0.136 e. The first kappa shape index (κ1) is 16.0. The van der Waals surface area contributed by atoms with Gasteiger partial charge in [-0.15, -0.1) is 11.8 Å². The Morgan fingerprint density at radius 2 is 2.10 bits per heavy atom. The lowest BCUT2D eigenvalue weighted by atomic mass is 10.2. The molecule has 1 heterocycles. The summed E-state index contributed by atoms with van der Waals surface area (Å²) in [6.07, 6.45) is 1.70. The summed E-state index contributed by atoms with van der Waals surface area (Å²) in [6.45, 7) is 5.03. The number of benzene rings is 1. The van der Waals surface area contributed by atoms with Crippen LogP contribution in [0.3, 0.4) is 0 Å². The summed E-state index contributed by atoms with van der Waals surface area (Å²) in [7, 11) is 0. The van der Waals surface area contributed by atoms with Crippen molar-refractivity contribution < 1.29 is 4.39 Å². The first-order chi connectivity index (χ1) is 10.1. The van der Waals surface area contributed by atoms with Gasteiger partial charge in [0, 0.05) is 35.3 Å². The van der Waals surface area contributed by atoms with Gasteiger partial charge in [0.05, 0.1) is 5.69 Å². The van der Waals surface area contributed by atoms with E-state index in [0.717, 1.165) is 30.8 Å². The predicted octanol–water partition coefficient (Wildman–Crippen LogP) is 3.27. The van der Waals surface area contributed by atoms with E-state index in [-0.39, 0.29) is 11.9 Å². The van der Waals surface area contributed by atoms with Gasteiger partial charge < -0.3 is 5.73 Å². The van der Waals surface area contributed by atoms with Crippen molar-refractivity contribution in [3.05, 3.63) is 47.5 Å². The second-order valence-corrected chi connectivity index (χ2v) is 6.06. The number of hydrogen-bond donors (Lipinski definition) is 1. The van der Waals surface area contributed by atoms with Gasteiger partial charge in [0.1, 0.15) is 5.82 Å². The summed E-state index contributed by atoms with van der Waals surface area (Å²) >= 11 is 1.47. The van der Waals surface area contributed by atoms with E-state index >= 15 is 0 Å². The maximum Gasteiger partial charge on any atom is 0.136 e. The second-order valence-electron chi connectivity index (χ2n) is 5.00. The fraction of sp³-hybridized carbons (Fsp3) is 0.438. The van der Waals surface area contributed by atoms with E-state index in [1.165, 1.54) is 17.8 Å². The molecule has 0 bridgehead atoms.